The Labute approximate surface area is 100 Å². The van der Waals surface area contributed by atoms with Crippen LogP contribution in [0.15, 0.2) is 16.2 Å². The first kappa shape index (κ1) is 12.6. The van der Waals surface area contributed by atoms with Crippen LogP contribution in [-0.2, 0) is 4.74 Å². The molecule has 1 aromatic heterocycles. The van der Waals surface area contributed by atoms with Crippen LogP contribution < -0.4 is 11.4 Å². The van der Waals surface area contributed by atoms with Crippen LogP contribution in [-0.4, -0.2) is 33.4 Å². The minimum absolute atomic E-state index is 0.134. The molecule has 9 heteroatoms. The van der Waals surface area contributed by atoms with Gasteiger partial charge in [0.25, 0.3) is 0 Å². The van der Waals surface area contributed by atoms with Crippen molar-refractivity contribution in [2.75, 3.05) is 12.3 Å². The van der Waals surface area contributed by atoms with Crippen molar-refractivity contribution in [1.82, 2.24) is 9.55 Å². The van der Waals surface area contributed by atoms with Gasteiger partial charge in [-0.05, 0) is 0 Å². The Morgan fingerprint density at radius 2 is 2.44 bits per heavy atom. The van der Waals surface area contributed by atoms with Gasteiger partial charge < -0.3 is 15.6 Å². The Balaban J connectivity index is 2.29. The van der Waals surface area contributed by atoms with E-state index in [1.54, 1.807) is 0 Å². The molecular weight excluding hydrogens is 247 g/mol. The molecule has 0 spiro atoms. The van der Waals surface area contributed by atoms with E-state index >= 15 is 0 Å². The molecule has 3 unspecified atom stereocenters. The summed E-state index contributed by atoms with van der Waals surface area (Å²) in [6.07, 6.45) is -1.79. The topological polar surface area (TPSA) is 120 Å². The Morgan fingerprint density at radius 3 is 3.11 bits per heavy atom. The molecule has 1 fully saturated rings. The van der Waals surface area contributed by atoms with Gasteiger partial charge in [0.1, 0.15) is 12.6 Å². The molecule has 1 aliphatic heterocycles. The summed E-state index contributed by atoms with van der Waals surface area (Å²) in [5.74, 6) is -1.41. The number of aliphatic hydroxyl groups excluding tert-OH is 1. The smallest absolute Gasteiger partial charge is 0.351 e. The van der Waals surface area contributed by atoms with Crippen molar-refractivity contribution in [2.24, 2.45) is 5.18 Å². The summed E-state index contributed by atoms with van der Waals surface area (Å²) in [4.78, 5) is 24.9. The van der Waals surface area contributed by atoms with E-state index < -0.39 is 35.8 Å². The third kappa shape index (κ3) is 2.22. The summed E-state index contributed by atoms with van der Waals surface area (Å²) in [5.41, 5.74) is 4.30. The van der Waals surface area contributed by atoms with Crippen LogP contribution in [0.2, 0.25) is 0 Å². The van der Waals surface area contributed by atoms with Gasteiger partial charge in [0, 0.05) is 6.42 Å². The van der Waals surface area contributed by atoms with E-state index in [-0.39, 0.29) is 13.0 Å². The third-order valence-electron chi connectivity index (χ3n) is 2.65. The van der Waals surface area contributed by atoms with Gasteiger partial charge in [0.15, 0.2) is 17.9 Å². The first-order chi connectivity index (χ1) is 8.52. The molecular formula is C9H11FN4O4. The maximum absolute atomic E-state index is 13.2. The number of nitrogens with two attached hydrogens (primary N) is 1. The maximum Gasteiger partial charge on any atom is 0.351 e. The Morgan fingerprint density at radius 1 is 1.72 bits per heavy atom. The quantitative estimate of drug-likeness (QED) is 0.697. The largest absolute Gasteiger partial charge is 0.388 e. The van der Waals surface area contributed by atoms with Gasteiger partial charge in [-0.3, -0.25) is 4.57 Å². The standard InChI is InChI=1S/C9H11FN4O4/c10-5-3-14(9(16)13-7(5)11)8-6(15)1-4(18-8)2-12-17/h3-4,6,8,15H,1-2H2,(H2,11,13,16). The van der Waals surface area contributed by atoms with E-state index in [1.165, 1.54) is 0 Å². The second kappa shape index (κ2) is 4.78. The highest BCUT2D eigenvalue weighted by atomic mass is 19.1. The predicted molar refractivity (Wildman–Crippen MR) is 58.1 cm³/mol. The lowest BCUT2D eigenvalue weighted by atomic mass is 10.2. The summed E-state index contributed by atoms with van der Waals surface area (Å²) < 4.78 is 19.3. The number of nitrogen functional groups attached to an aromatic ring is 1. The highest BCUT2D eigenvalue weighted by Crippen LogP contribution is 2.28. The van der Waals surface area contributed by atoms with E-state index in [2.05, 4.69) is 10.2 Å². The number of ether oxygens (including phenoxy) is 1. The number of rotatable bonds is 3. The third-order valence-corrected chi connectivity index (χ3v) is 2.65. The summed E-state index contributed by atoms with van der Waals surface area (Å²) in [6, 6.07) is 0. The van der Waals surface area contributed by atoms with Gasteiger partial charge in [-0.25, -0.2) is 9.18 Å². The number of nitroso groups, excluding NO2 is 1. The van der Waals surface area contributed by atoms with Gasteiger partial charge >= 0.3 is 5.69 Å². The molecule has 3 N–H and O–H groups in total. The Bertz CT molecular complexity index is 520. The number of anilines is 1. The number of aromatic nitrogens is 2. The zero-order valence-corrected chi connectivity index (χ0v) is 9.19. The predicted octanol–water partition coefficient (Wildman–Crippen LogP) is -0.621. The van der Waals surface area contributed by atoms with Gasteiger partial charge in [-0.15, -0.1) is 0 Å². The molecule has 0 radical (unpaired) electrons. The average molecular weight is 258 g/mol. The molecule has 3 atom stereocenters. The van der Waals surface area contributed by atoms with Gasteiger partial charge in [0.2, 0.25) is 0 Å². The minimum Gasteiger partial charge on any atom is -0.388 e. The summed E-state index contributed by atoms with van der Waals surface area (Å²) in [7, 11) is 0. The second-order valence-corrected chi connectivity index (χ2v) is 3.93. The van der Waals surface area contributed by atoms with Crippen LogP contribution in [0.4, 0.5) is 10.2 Å². The molecule has 8 nitrogen and oxygen atoms in total. The van der Waals surface area contributed by atoms with Crippen LogP contribution in [0.25, 0.3) is 0 Å². The van der Waals surface area contributed by atoms with Crippen molar-refractivity contribution in [3.8, 4) is 0 Å². The molecule has 1 aromatic rings. The van der Waals surface area contributed by atoms with Crippen molar-refractivity contribution in [3.63, 3.8) is 0 Å². The Hall–Kier alpha value is -1.87. The van der Waals surface area contributed by atoms with Crippen LogP contribution in [0.3, 0.4) is 0 Å². The van der Waals surface area contributed by atoms with Crippen LogP contribution in [0.5, 0.6) is 0 Å². The zero-order chi connectivity index (χ0) is 13.3. The fourth-order valence-corrected chi connectivity index (χ4v) is 1.82. The summed E-state index contributed by atoms with van der Waals surface area (Å²) in [6.45, 7) is -0.146. The van der Waals surface area contributed by atoms with Crippen molar-refractivity contribution < 1.29 is 14.2 Å². The van der Waals surface area contributed by atoms with Gasteiger partial charge in [-0.1, -0.05) is 5.18 Å². The summed E-state index contributed by atoms with van der Waals surface area (Å²) in [5, 5.41) is 12.4. The first-order valence-electron chi connectivity index (χ1n) is 5.19. The molecule has 0 amide bonds. The number of hydrogen-bond donors (Lipinski definition) is 2. The molecule has 98 valence electrons. The van der Waals surface area contributed by atoms with Crippen LogP contribution in [0, 0.1) is 10.7 Å². The van der Waals surface area contributed by atoms with Crippen molar-refractivity contribution in [1.29, 1.82) is 0 Å². The van der Waals surface area contributed by atoms with Crippen molar-refractivity contribution >= 4 is 5.82 Å². The van der Waals surface area contributed by atoms with Gasteiger partial charge in [-0.2, -0.15) is 9.89 Å². The number of halogens is 1. The molecule has 2 heterocycles. The monoisotopic (exact) mass is 258 g/mol. The van der Waals surface area contributed by atoms with Crippen molar-refractivity contribution in [3.05, 3.63) is 27.4 Å². The molecule has 0 saturated carbocycles. The minimum atomic E-state index is -1.09. The molecule has 1 aliphatic rings. The van der Waals surface area contributed by atoms with Crippen LogP contribution in [0.1, 0.15) is 12.6 Å². The van der Waals surface area contributed by atoms with Gasteiger partial charge in [0.05, 0.1) is 12.3 Å². The highest BCUT2D eigenvalue weighted by Gasteiger charge is 2.36. The van der Waals surface area contributed by atoms with Crippen molar-refractivity contribution in [2.45, 2.75) is 24.9 Å². The SMILES string of the molecule is Nc1nc(=O)n(C2OC(CN=O)CC2O)cc1F. The molecule has 1 saturated heterocycles. The highest BCUT2D eigenvalue weighted by molar-refractivity contribution is 5.26. The molecule has 0 bridgehead atoms. The number of hydrogen-bond acceptors (Lipinski definition) is 7. The van der Waals surface area contributed by atoms with E-state index in [9.17, 15) is 19.2 Å². The van der Waals surface area contributed by atoms with Crippen LogP contribution >= 0.6 is 0 Å². The average Bonchev–Trinajstić information content (AvgIpc) is 2.65. The Kier molecular flexibility index (Phi) is 3.34. The second-order valence-electron chi connectivity index (χ2n) is 3.93. The van der Waals surface area contributed by atoms with E-state index in [0.29, 0.717) is 0 Å². The molecule has 0 aliphatic carbocycles. The lowest BCUT2D eigenvalue weighted by molar-refractivity contribution is -0.0375. The fourth-order valence-electron chi connectivity index (χ4n) is 1.82. The normalized spacial score (nSPS) is 27.3. The molecule has 18 heavy (non-hydrogen) atoms. The zero-order valence-electron chi connectivity index (χ0n) is 9.19. The summed E-state index contributed by atoms with van der Waals surface area (Å²) >= 11 is 0. The fraction of sp³-hybridized carbons (Fsp3) is 0.556. The van der Waals surface area contributed by atoms with E-state index in [1.807, 2.05) is 0 Å². The first-order valence-corrected chi connectivity index (χ1v) is 5.19. The molecule has 0 aromatic carbocycles. The van der Waals surface area contributed by atoms with E-state index in [0.717, 1.165) is 10.8 Å². The molecule has 2 rings (SSSR count). The number of nitrogens with zero attached hydrogens (tertiary/aromatic N) is 3. The van der Waals surface area contributed by atoms with E-state index in [4.69, 9.17) is 10.5 Å². The lowest BCUT2D eigenvalue weighted by Crippen LogP contribution is -2.32. The lowest BCUT2D eigenvalue weighted by Gasteiger charge is -2.17. The maximum atomic E-state index is 13.2. The number of aliphatic hydroxyl groups is 1.